The molecule has 0 saturated carbocycles. The molecule has 0 amide bonds. The van der Waals surface area contributed by atoms with Gasteiger partial charge in [0.1, 0.15) is 0 Å². The molecule has 12 heavy (non-hydrogen) atoms. The molecule has 0 fully saturated rings. The summed E-state index contributed by atoms with van der Waals surface area (Å²) in [4.78, 5) is 10.0. The quantitative estimate of drug-likeness (QED) is 0.294. The first-order valence-electron chi connectivity index (χ1n) is 3.48. The van der Waals surface area contributed by atoms with Crippen molar-refractivity contribution in [3.63, 3.8) is 0 Å². The summed E-state index contributed by atoms with van der Waals surface area (Å²) in [5.41, 5.74) is 0. The number of aliphatic hydroxyl groups is 3. The van der Waals surface area contributed by atoms with Gasteiger partial charge in [-0.05, 0) is 0 Å². The highest BCUT2D eigenvalue weighted by atomic mass is 16.4. The highest BCUT2D eigenvalue weighted by Gasteiger charge is 2.23. The van der Waals surface area contributed by atoms with Crippen LogP contribution in [-0.4, -0.2) is 52.5 Å². The molecule has 0 spiro atoms. The minimum Gasteiger partial charge on any atom is -0.550 e. The first-order chi connectivity index (χ1) is 5.60. The lowest BCUT2D eigenvalue weighted by Gasteiger charge is -2.31. The molecule has 0 bridgehead atoms. The van der Waals surface area contributed by atoms with Gasteiger partial charge in [0.05, 0.1) is 6.54 Å². The fraction of sp³-hybridized carbons (Fsp3) is 0.833. The Morgan fingerprint density at radius 1 is 1.17 bits per heavy atom. The van der Waals surface area contributed by atoms with Gasteiger partial charge in [-0.2, -0.15) is 0 Å². The van der Waals surface area contributed by atoms with Gasteiger partial charge in [0, 0.05) is 12.4 Å². The fourth-order valence-corrected chi connectivity index (χ4v) is 0.675. The molecule has 0 aromatic carbocycles. The number of aliphatic carboxylic acids is 1. The van der Waals surface area contributed by atoms with Gasteiger partial charge >= 0.3 is 0 Å². The molecule has 0 saturated heterocycles. The largest absolute Gasteiger partial charge is 0.550 e. The summed E-state index contributed by atoms with van der Waals surface area (Å²) in [5.74, 6) is -1.27. The molecule has 3 N–H and O–H groups in total. The first kappa shape index (κ1) is 11.3. The highest BCUT2D eigenvalue weighted by molar-refractivity contribution is 5.64. The van der Waals surface area contributed by atoms with Crippen molar-refractivity contribution in [2.45, 2.75) is 6.42 Å². The van der Waals surface area contributed by atoms with Crippen LogP contribution in [0, 0.1) is 0 Å². The van der Waals surface area contributed by atoms with E-state index in [0.717, 1.165) is 0 Å². The molecule has 6 heteroatoms. The Labute approximate surface area is 69.9 Å². The predicted molar refractivity (Wildman–Crippen MR) is 36.0 cm³/mol. The molecule has 0 aromatic rings. The maximum Gasteiger partial charge on any atom is 0.183 e. The third kappa shape index (κ3) is 3.14. The second-order valence-electron chi connectivity index (χ2n) is 2.61. The summed E-state index contributed by atoms with van der Waals surface area (Å²) in [6, 6.07) is 0. The number of quaternary nitrogens is 1. The summed E-state index contributed by atoms with van der Waals surface area (Å²) in [6.45, 7) is -1.55. The fourth-order valence-electron chi connectivity index (χ4n) is 0.675. The maximum atomic E-state index is 10.0. The van der Waals surface area contributed by atoms with E-state index in [0.29, 0.717) is 0 Å². The van der Waals surface area contributed by atoms with Gasteiger partial charge in [-0.1, -0.05) is 0 Å². The van der Waals surface area contributed by atoms with Crippen LogP contribution < -0.4 is 5.11 Å². The van der Waals surface area contributed by atoms with Crippen molar-refractivity contribution >= 4 is 5.97 Å². The Morgan fingerprint density at radius 2 is 1.58 bits per heavy atom. The number of carbonyl (C=O) groups is 1. The second kappa shape index (κ2) is 5.04. The van der Waals surface area contributed by atoms with Crippen molar-refractivity contribution in [2.24, 2.45) is 0 Å². The molecule has 0 heterocycles. The van der Waals surface area contributed by atoms with E-state index >= 15 is 0 Å². The number of rotatable bonds is 6. The van der Waals surface area contributed by atoms with Gasteiger partial charge in [-0.15, -0.1) is 0 Å². The van der Waals surface area contributed by atoms with Gasteiger partial charge < -0.3 is 25.2 Å². The van der Waals surface area contributed by atoms with E-state index < -0.39 is 30.6 Å². The molecule has 0 unspecified atom stereocenters. The zero-order valence-electron chi connectivity index (χ0n) is 6.64. The zero-order chi connectivity index (χ0) is 9.61. The predicted octanol–water partition coefficient (Wildman–Crippen LogP) is -3.21. The van der Waals surface area contributed by atoms with E-state index in [1.54, 1.807) is 0 Å². The number of nitrogens with zero attached hydrogens (tertiary/aromatic N) is 1. The first-order valence-corrected chi connectivity index (χ1v) is 3.48. The Hall–Kier alpha value is -0.690. The summed E-state index contributed by atoms with van der Waals surface area (Å²) >= 11 is 0. The van der Waals surface area contributed by atoms with Crippen LogP contribution in [0.4, 0.5) is 0 Å². The summed E-state index contributed by atoms with van der Waals surface area (Å²) in [7, 11) is 0. The molecular weight excluding hydrogens is 166 g/mol. The molecule has 0 radical (unpaired) electrons. The van der Waals surface area contributed by atoms with Crippen LogP contribution in [0.25, 0.3) is 0 Å². The number of carboxylic acid groups (broad SMARTS) is 1. The average molecular weight is 179 g/mol. The lowest BCUT2D eigenvalue weighted by atomic mass is 10.3. The van der Waals surface area contributed by atoms with Gasteiger partial charge in [0.25, 0.3) is 0 Å². The number of hydrogen-bond donors (Lipinski definition) is 3. The zero-order valence-corrected chi connectivity index (χ0v) is 6.64. The van der Waals surface area contributed by atoms with E-state index in [2.05, 4.69) is 0 Å². The summed E-state index contributed by atoms with van der Waals surface area (Å²) in [5, 5.41) is 36.2. The van der Waals surface area contributed by atoms with Crippen LogP contribution >= 0.6 is 0 Å². The molecule has 0 aromatic heterocycles. The van der Waals surface area contributed by atoms with Crippen molar-refractivity contribution in [3.05, 3.63) is 0 Å². The maximum absolute atomic E-state index is 10.0. The number of carboxylic acids is 1. The lowest BCUT2D eigenvalue weighted by Crippen LogP contribution is -2.52. The van der Waals surface area contributed by atoms with E-state index in [4.69, 9.17) is 15.3 Å². The average Bonchev–Trinajstić information content (AvgIpc) is 2.08. The summed E-state index contributed by atoms with van der Waals surface area (Å²) < 4.78 is -0.450. The van der Waals surface area contributed by atoms with E-state index in [1.165, 1.54) is 0 Å². The molecule has 0 atom stereocenters. The SMILES string of the molecule is O=C([O-])CC[N+](CO)(CO)CO. The summed E-state index contributed by atoms with van der Waals surface area (Å²) in [6.07, 6.45) is -0.304. The second-order valence-corrected chi connectivity index (χ2v) is 2.61. The molecule has 0 rings (SSSR count). The van der Waals surface area contributed by atoms with E-state index in [9.17, 15) is 9.90 Å². The molecule has 0 aliphatic rings. The monoisotopic (exact) mass is 179 g/mol. The number of carbonyl (C=O) groups excluding carboxylic acids is 1. The standard InChI is InChI=1S/C6H13NO5/c8-3-7(4-9,5-10)2-1-6(11)12/h8-10H,1-5H2. The van der Waals surface area contributed by atoms with Crippen molar-refractivity contribution in [3.8, 4) is 0 Å². The smallest absolute Gasteiger partial charge is 0.183 e. The van der Waals surface area contributed by atoms with Gasteiger partial charge in [0.2, 0.25) is 0 Å². The molecule has 0 aliphatic carbocycles. The highest BCUT2D eigenvalue weighted by Crippen LogP contribution is 2.03. The number of aliphatic hydroxyl groups excluding tert-OH is 3. The van der Waals surface area contributed by atoms with Crippen molar-refractivity contribution < 1.29 is 29.7 Å². The Morgan fingerprint density at radius 3 is 1.83 bits per heavy atom. The van der Waals surface area contributed by atoms with Crippen LogP contribution in [-0.2, 0) is 4.79 Å². The van der Waals surface area contributed by atoms with Gasteiger partial charge in [-0.25, -0.2) is 0 Å². The Balaban J connectivity index is 4.01. The van der Waals surface area contributed by atoms with Crippen LogP contribution in [0.1, 0.15) is 6.42 Å². The minimum absolute atomic E-state index is 0.0498. The number of hydrogen-bond acceptors (Lipinski definition) is 5. The van der Waals surface area contributed by atoms with Gasteiger partial charge in [-0.3, -0.25) is 4.48 Å². The van der Waals surface area contributed by atoms with Crippen LogP contribution in [0.2, 0.25) is 0 Å². The molecule has 0 aliphatic heterocycles. The third-order valence-electron chi connectivity index (χ3n) is 1.69. The molecular formula is C6H13NO5. The van der Waals surface area contributed by atoms with Crippen molar-refractivity contribution in [2.75, 3.05) is 26.7 Å². The van der Waals surface area contributed by atoms with Gasteiger partial charge in [0.15, 0.2) is 20.2 Å². The topological polar surface area (TPSA) is 101 Å². The molecule has 6 nitrogen and oxygen atoms in total. The van der Waals surface area contributed by atoms with E-state index in [-0.39, 0.29) is 13.0 Å². The van der Waals surface area contributed by atoms with E-state index in [1.807, 2.05) is 0 Å². The third-order valence-corrected chi connectivity index (χ3v) is 1.69. The Bertz CT molecular complexity index is 137. The van der Waals surface area contributed by atoms with Crippen LogP contribution in [0.3, 0.4) is 0 Å². The lowest BCUT2D eigenvalue weighted by molar-refractivity contribution is -0.976. The van der Waals surface area contributed by atoms with Crippen LogP contribution in [0.5, 0.6) is 0 Å². The van der Waals surface area contributed by atoms with Crippen LogP contribution in [0.15, 0.2) is 0 Å². The van der Waals surface area contributed by atoms with Crippen molar-refractivity contribution in [1.82, 2.24) is 0 Å². The molecule has 72 valence electrons. The minimum atomic E-state index is -1.27. The normalized spacial score (nSPS) is 11.6. The Kier molecular flexibility index (Phi) is 4.75. The van der Waals surface area contributed by atoms with Crippen molar-refractivity contribution in [1.29, 1.82) is 0 Å².